The number of hydrogen-bond donors (Lipinski definition) is 0. The number of amides is 1. The molecule has 1 aliphatic heterocycles. The number of nitrogens with zero attached hydrogens (tertiary/aromatic N) is 5. The number of ether oxygens (including phenoxy) is 1. The van der Waals surface area contributed by atoms with Crippen LogP contribution < -0.4 is 9.64 Å². The maximum atomic E-state index is 13.1. The van der Waals surface area contributed by atoms with Crippen molar-refractivity contribution in [3.8, 4) is 17.1 Å². The first-order valence-corrected chi connectivity index (χ1v) is 10.2. The van der Waals surface area contributed by atoms with E-state index in [-0.39, 0.29) is 5.91 Å². The van der Waals surface area contributed by atoms with Crippen molar-refractivity contribution in [2.24, 2.45) is 0 Å². The van der Waals surface area contributed by atoms with Gasteiger partial charge in [-0.3, -0.25) is 14.7 Å². The number of benzene rings is 1. The lowest BCUT2D eigenvalue weighted by Gasteiger charge is -2.30. The fraction of sp³-hybridized carbons (Fsp3) is 0.250. The third-order valence-electron chi connectivity index (χ3n) is 4.40. The van der Waals surface area contributed by atoms with Crippen LogP contribution in [0.4, 0.5) is 5.69 Å². The highest BCUT2D eigenvalue weighted by molar-refractivity contribution is 7.98. The lowest BCUT2D eigenvalue weighted by Crippen LogP contribution is -2.37. The summed E-state index contributed by atoms with van der Waals surface area (Å²) in [5.41, 5.74) is 2.77. The third kappa shape index (κ3) is 3.31. The highest BCUT2D eigenvalue weighted by Crippen LogP contribution is 2.43. The Morgan fingerprint density at radius 1 is 1.21 bits per heavy atom. The van der Waals surface area contributed by atoms with Gasteiger partial charge in [0.25, 0.3) is 0 Å². The Morgan fingerprint density at radius 2 is 2.07 bits per heavy atom. The van der Waals surface area contributed by atoms with Crippen LogP contribution in [0.3, 0.4) is 0 Å². The van der Waals surface area contributed by atoms with Gasteiger partial charge in [-0.2, -0.15) is 4.98 Å². The molecule has 8 heteroatoms. The van der Waals surface area contributed by atoms with E-state index in [0.29, 0.717) is 23.2 Å². The normalized spacial score (nSPS) is 15.2. The predicted octanol–water partition coefficient (Wildman–Crippen LogP) is 3.88. The zero-order valence-electron chi connectivity index (χ0n) is 15.6. The fourth-order valence-electron chi connectivity index (χ4n) is 3.14. The Balaban J connectivity index is 1.95. The van der Waals surface area contributed by atoms with Gasteiger partial charge < -0.3 is 4.74 Å². The Hall–Kier alpha value is -3.00. The molecule has 2 aromatic heterocycles. The lowest BCUT2D eigenvalue weighted by atomic mass is 10.1. The molecule has 0 unspecified atom stereocenters. The van der Waals surface area contributed by atoms with E-state index in [1.165, 1.54) is 11.8 Å². The van der Waals surface area contributed by atoms with Gasteiger partial charge in [0.15, 0.2) is 5.69 Å². The molecule has 1 aromatic carbocycles. The number of anilines is 1. The van der Waals surface area contributed by atoms with Crippen molar-refractivity contribution in [3.05, 3.63) is 54.4 Å². The second kappa shape index (κ2) is 7.93. The molecule has 0 radical (unpaired) electrons. The Labute approximate surface area is 167 Å². The van der Waals surface area contributed by atoms with Crippen molar-refractivity contribution < 1.29 is 9.53 Å². The summed E-state index contributed by atoms with van der Waals surface area (Å²) < 4.78 is 6.29. The van der Waals surface area contributed by atoms with Crippen LogP contribution in [0.15, 0.2) is 53.9 Å². The van der Waals surface area contributed by atoms with Gasteiger partial charge in [0.05, 0.1) is 5.69 Å². The van der Waals surface area contributed by atoms with E-state index in [1.54, 1.807) is 17.3 Å². The number of aromatic nitrogens is 4. The topological polar surface area (TPSA) is 81.1 Å². The summed E-state index contributed by atoms with van der Waals surface area (Å²) in [5, 5.41) is 9.02. The van der Waals surface area contributed by atoms with E-state index in [4.69, 9.17) is 4.74 Å². The van der Waals surface area contributed by atoms with Crippen LogP contribution in [0.1, 0.15) is 31.6 Å². The average Bonchev–Trinajstić information content (AvgIpc) is 2.88. The van der Waals surface area contributed by atoms with Crippen LogP contribution in [0.2, 0.25) is 0 Å². The standard InChI is InChI=1S/C20H19N5O2S/c1-3-7-16(26)25-15-10-5-4-9-14(15)17-18(22-20(28-2)24-23-17)27-19(25)13-8-6-11-21-12-13/h4-6,8-12,19H,3,7H2,1-2H3/t19-/m0/s1. The van der Waals surface area contributed by atoms with Gasteiger partial charge >= 0.3 is 0 Å². The molecule has 0 bridgehead atoms. The lowest BCUT2D eigenvalue weighted by molar-refractivity contribution is -0.120. The van der Waals surface area contributed by atoms with Gasteiger partial charge in [-0.05, 0) is 24.8 Å². The van der Waals surface area contributed by atoms with E-state index in [1.807, 2.05) is 49.6 Å². The maximum absolute atomic E-state index is 13.1. The molecular formula is C20H19N5O2S. The number of para-hydroxylation sites is 1. The SMILES string of the molecule is CCCC(=O)N1c2ccccc2-c2nnc(SC)nc2O[C@H]1c1cccnc1. The molecule has 142 valence electrons. The van der Waals surface area contributed by atoms with Gasteiger partial charge in [-0.1, -0.05) is 43.0 Å². The molecule has 0 fully saturated rings. The van der Waals surface area contributed by atoms with Crippen molar-refractivity contribution in [1.29, 1.82) is 0 Å². The summed E-state index contributed by atoms with van der Waals surface area (Å²) in [6, 6.07) is 11.3. The molecule has 3 aromatic rings. The molecule has 0 saturated carbocycles. The molecule has 0 aliphatic carbocycles. The molecule has 0 spiro atoms. The number of carbonyl (C=O) groups is 1. The van der Waals surface area contributed by atoms with Crippen LogP contribution in [0, 0.1) is 0 Å². The van der Waals surface area contributed by atoms with Crippen LogP contribution in [-0.4, -0.2) is 32.3 Å². The second-order valence-electron chi connectivity index (χ2n) is 6.24. The van der Waals surface area contributed by atoms with Crippen molar-refractivity contribution in [2.75, 3.05) is 11.2 Å². The number of thioether (sulfide) groups is 1. The van der Waals surface area contributed by atoms with E-state index in [2.05, 4.69) is 20.2 Å². The Morgan fingerprint density at radius 3 is 2.82 bits per heavy atom. The summed E-state index contributed by atoms with van der Waals surface area (Å²) >= 11 is 1.38. The van der Waals surface area contributed by atoms with Crippen LogP contribution >= 0.6 is 11.8 Å². The first kappa shape index (κ1) is 18.4. The summed E-state index contributed by atoms with van der Waals surface area (Å²) in [6.45, 7) is 1.98. The molecule has 1 amide bonds. The van der Waals surface area contributed by atoms with Gasteiger partial charge in [0, 0.05) is 29.9 Å². The smallest absolute Gasteiger partial charge is 0.247 e. The molecular weight excluding hydrogens is 374 g/mol. The van der Waals surface area contributed by atoms with Crippen LogP contribution in [0.25, 0.3) is 11.3 Å². The van der Waals surface area contributed by atoms with E-state index < -0.39 is 6.23 Å². The molecule has 1 atom stereocenters. The highest BCUT2D eigenvalue weighted by Gasteiger charge is 2.35. The number of rotatable bonds is 4. The van der Waals surface area contributed by atoms with Gasteiger partial charge in [0.2, 0.25) is 23.2 Å². The summed E-state index contributed by atoms with van der Waals surface area (Å²) in [7, 11) is 0. The minimum atomic E-state index is -0.693. The molecule has 3 heterocycles. The van der Waals surface area contributed by atoms with Crippen molar-refractivity contribution >= 4 is 23.4 Å². The van der Waals surface area contributed by atoms with Gasteiger partial charge in [0.1, 0.15) is 0 Å². The summed E-state index contributed by atoms with van der Waals surface area (Å²) in [6.07, 6.45) is 5.72. The maximum Gasteiger partial charge on any atom is 0.247 e. The van der Waals surface area contributed by atoms with E-state index in [0.717, 1.165) is 23.2 Å². The second-order valence-corrected chi connectivity index (χ2v) is 7.01. The quantitative estimate of drug-likeness (QED) is 0.622. The first-order chi connectivity index (χ1) is 13.7. The van der Waals surface area contributed by atoms with E-state index >= 15 is 0 Å². The van der Waals surface area contributed by atoms with Crippen molar-refractivity contribution in [3.63, 3.8) is 0 Å². The fourth-order valence-corrected chi connectivity index (χ4v) is 3.44. The monoisotopic (exact) mass is 393 g/mol. The Bertz CT molecular complexity index is 999. The minimum absolute atomic E-state index is 0.0327. The third-order valence-corrected chi connectivity index (χ3v) is 4.93. The molecule has 1 aliphatic rings. The molecule has 28 heavy (non-hydrogen) atoms. The highest BCUT2D eigenvalue weighted by atomic mass is 32.2. The van der Waals surface area contributed by atoms with E-state index in [9.17, 15) is 4.79 Å². The summed E-state index contributed by atoms with van der Waals surface area (Å²) in [4.78, 5) is 23.5. The van der Waals surface area contributed by atoms with Crippen molar-refractivity contribution in [1.82, 2.24) is 20.2 Å². The zero-order chi connectivity index (χ0) is 19.5. The van der Waals surface area contributed by atoms with Crippen LogP contribution in [-0.2, 0) is 4.79 Å². The first-order valence-electron chi connectivity index (χ1n) is 8.99. The summed E-state index contributed by atoms with van der Waals surface area (Å²) in [5.74, 6) is 0.321. The largest absolute Gasteiger partial charge is 0.447 e. The number of pyridine rings is 1. The number of carbonyl (C=O) groups excluding carboxylic acids is 1. The zero-order valence-corrected chi connectivity index (χ0v) is 16.4. The average molecular weight is 393 g/mol. The number of fused-ring (bicyclic) bond motifs is 3. The van der Waals surface area contributed by atoms with Crippen LogP contribution in [0.5, 0.6) is 5.88 Å². The predicted molar refractivity (Wildman–Crippen MR) is 107 cm³/mol. The molecule has 0 saturated heterocycles. The molecule has 4 rings (SSSR count). The Kier molecular flexibility index (Phi) is 5.21. The van der Waals surface area contributed by atoms with Crippen molar-refractivity contribution in [2.45, 2.75) is 31.1 Å². The van der Waals surface area contributed by atoms with Gasteiger partial charge in [-0.15, -0.1) is 10.2 Å². The molecule has 0 N–H and O–H groups in total. The van der Waals surface area contributed by atoms with Gasteiger partial charge in [-0.25, -0.2) is 0 Å². The number of hydrogen-bond acceptors (Lipinski definition) is 7. The molecule has 7 nitrogen and oxygen atoms in total. The minimum Gasteiger partial charge on any atom is -0.447 e.